The normalized spacial score (nSPS) is 13.3. The first-order valence-corrected chi connectivity index (χ1v) is 25.8. The molecular weight excluding hydrogens is 851 g/mol. The third-order valence-electron chi connectivity index (χ3n) is 4.99. The molecule has 3 atom stereocenters. The van der Waals surface area contributed by atoms with Crippen molar-refractivity contribution in [1.82, 2.24) is 0 Å². The molecule has 3 unspecified atom stereocenters. The van der Waals surface area contributed by atoms with Crippen LogP contribution in [0.5, 0.6) is 0 Å². The zero-order valence-corrected chi connectivity index (χ0v) is 37.3. The minimum Gasteiger partial charge on any atom is -0.747 e. The molecule has 49 heavy (non-hydrogen) atoms. The van der Waals surface area contributed by atoms with Gasteiger partial charge in [0.25, 0.3) is 0 Å². The molecule has 0 aliphatic heterocycles. The van der Waals surface area contributed by atoms with Crippen LogP contribution in [-0.4, -0.2) is 97.2 Å². The van der Waals surface area contributed by atoms with Crippen molar-refractivity contribution >= 4 is 96.7 Å². The van der Waals surface area contributed by atoms with Crippen molar-refractivity contribution in [3.05, 3.63) is 0 Å². The van der Waals surface area contributed by atoms with Gasteiger partial charge < -0.3 is 67.9 Å². The van der Waals surface area contributed by atoms with E-state index in [1.165, 1.54) is 0 Å². The van der Waals surface area contributed by atoms with Gasteiger partial charge in [-0.05, 0) is 60.1 Å². The van der Waals surface area contributed by atoms with Crippen LogP contribution in [0.25, 0.3) is 0 Å². The Morgan fingerprint density at radius 3 is 1.20 bits per heavy atom. The summed E-state index contributed by atoms with van der Waals surface area (Å²) >= 11 is 13.6. The smallest absolute Gasteiger partial charge is 0.747 e. The monoisotopic (exact) mass is 900 g/mol. The molecule has 0 aliphatic rings. The Hall–Kier alpha value is 1.94. The minimum atomic E-state index is -5.01. The molecule has 294 valence electrons. The van der Waals surface area contributed by atoms with Crippen molar-refractivity contribution in [2.24, 2.45) is 11.8 Å². The number of hydrogen-bond donors (Lipinski definition) is 12. The molecule has 0 fully saturated rings. The van der Waals surface area contributed by atoms with Gasteiger partial charge in [0.15, 0.2) is 5.25 Å². The van der Waals surface area contributed by atoms with Gasteiger partial charge in [0, 0.05) is 0 Å². The van der Waals surface area contributed by atoms with Crippen molar-refractivity contribution in [1.29, 1.82) is 0 Å². The number of hydrogen-bond acceptors (Lipinski definition) is 11. The van der Waals surface area contributed by atoms with Gasteiger partial charge in [-0.15, -0.1) is 0 Å². The predicted octanol–water partition coefficient (Wildman–Crippen LogP) is -1.61. The molecule has 0 saturated carbocycles. The maximum absolute atomic E-state index is 12.1. The van der Waals surface area contributed by atoms with Crippen molar-refractivity contribution < 1.29 is 120 Å². The minimum absolute atomic E-state index is 0. The van der Waals surface area contributed by atoms with Gasteiger partial charge in [0.1, 0.15) is 10.1 Å². The standard InChI is InChI=1S/C20H38O7S.Na.4H3O3PS/c1-5-9-11-16(7-3)14-26-19(21)13-18(28(23,24)25)20(22)27-15-17(8-4)12-10-6-2;;4*1-4(2,3)5/h16-18H,5-15H2,1-4H3,(H,23,24,25);;4*(H3,1,2,3,5)/q;+1;;;;/p-1. The van der Waals surface area contributed by atoms with Crippen LogP contribution in [0.3, 0.4) is 0 Å². The van der Waals surface area contributed by atoms with Crippen molar-refractivity contribution in [2.75, 3.05) is 13.2 Å². The van der Waals surface area contributed by atoms with Crippen LogP contribution in [0.4, 0.5) is 0 Å². The fourth-order valence-corrected chi connectivity index (χ4v) is 3.46. The van der Waals surface area contributed by atoms with E-state index in [4.69, 9.17) is 63.3 Å². The van der Waals surface area contributed by atoms with E-state index in [1.54, 1.807) is 0 Å². The molecule has 11 N–H and O–H groups in total. The van der Waals surface area contributed by atoms with Crippen molar-refractivity contribution in [3.8, 4) is 0 Å². The molecule has 0 amide bonds. The summed E-state index contributed by atoms with van der Waals surface area (Å²) < 4.78 is 53.8. The maximum Gasteiger partial charge on any atom is 1.00 e. The molecule has 19 nitrogen and oxygen atoms in total. The first-order valence-electron chi connectivity index (χ1n) is 13.6. The number of esters is 2. The molecular formula is C20H49NaO19P4S5. The first kappa shape index (κ1) is 62.9. The largest absolute Gasteiger partial charge is 1.00 e. The molecule has 0 heterocycles. The summed E-state index contributed by atoms with van der Waals surface area (Å²) in [5.41, 5.74) is 0. The van der Waals surface area contributed by atoms with E-state index in [0.717, 1.165) is 51.4 Å². The van der Waals surface area contributed by atoms with Crippen LogP contribution in [0.15, 0.2) is 0 Å². The summed E-state index contributed by atoms with van der Waals surface area (Å²) in [6, 6.07) is 0. The van der Waals surface area contributed by atoms with Crippen LogP contribution in [0.2, 0.25) is 0 Å². The maximum atomic E-state index is 12.1. The summed E-state index contributed by atoms with van der Waals surface area (Å²) in [5, 5.41) is -2.06. The van der Waals surface area contributed by atoms with Gasteiger partial charge in [0.2, 0.25) is 0 Å². The molecule has 0 saturated heterocycles. The van der Waals surface area contributed by atoms with E-state index < -0.39 is 60.7 Å². The molecule has 0 aromatic rings. The Morgan fingerprint density at radius 2 is 0.980 bits per heavy atom. The van der Waals surface area contributed by atoms with E-state index in [-0.39, 0.29) is 54.6 Å². The second kappa shape index (κ2) is 33.3. The zero-order valence-electron chi connectivity index (χ0n) is 27.6. The molecule has 0 bridgehead atoms. The Balaban J connectivity index is -0.000000177. The predicted molar refractivity (Wildman–Crippen MR) is 190 cm³/mol. The van der Waals surface area contributed by atoms with Gasteiger partial charge in [-0.25, -0.2) is 13.0 Å². The molecule has 29 heteroatoms. The topological polar surface area (TPSA) is 349 Å². The van der Waals surface area contributed by atoms with Crippen LogP contribution in [0, 0.1) is 11.8 Å². The van der Waals surface area contributed by atoms with Crippen LogP contribution < -0.4 is 29.6 Å². The Kier molecular flexibility index (Phi) is 42.7. The van der Waals surface area contributed by atoms with Crippen molar-refractivity contribution in [3.63, 3.8) is 0 Å². The third kappa shape index (κ3) is 79.7. The number of carbonyl (C=O) groups excluding carboxylic acids is 2. The van der Waals surface area contributed by atoms with Crippen LogP contribution >= 0.6 is 39.2 Å². The number of unbranched alkanes of at least 4 members (excludes halogenated alkanes) is 2. The second-order valence-electron chi connectivity index (χ2n) is 9.38. The molecule has 0 radical (unpaired) electrons. The first-order chi connectivity index (χ1) is 21.2. The zero-order chi connectivity index (χ0) is 39.6. The summed E-state index contributed by atoms with van der Waals surface area (Å²) in [7, 11) is -5.01. The summed E-state index contributed by atoms with van der Waals surface area (Å²) in [6.45, 7) is -7.10. The number of carbonyl (C=O) groups is 2. The van der Waals surface area contributed by atoms with Gasteiger partial charge in [-0.2, -0.15) is 0 Å². The van der Waals surface area contributed by atoms with E-state index in [2.05, 4.69) is 61.5 Å². The van der Waals surface area contributed by atoms with Gasteiger partial charge in [-0.1, -0.05) is 78.5 Å². The molecule has 0 aliphatic carbocycles. The third-order valence-corrected chi connectivity index (χ3v) is 6.05. The second-order valence-corrected chi connectivity index (χ2v) is 21.0. The quantitative estimate of drug-likeness (QED) is 0.0272. The number of rotatable bonds is 16. The van der Waals surface area contributed by atoms with E-state index in [1.807, 2.05) is 13.8 Å². The van der Waals surface area contributed by atoms with Crippen LogP contribution in [0.1, 0.15) is 85.5 Å². The Bertz CT molecular complexity index is 1050. The Morgan fingerprint density at radius 1 is 0.714 bits per heavy atom. The average molecular weight is 901 g/mol. The summed E-state index contributed by atoms with van der Waals surface area (Å²) in [5.74, 6) is -1.74. The van der Waals surface area contributed by atoms with E-state index >= 15 is 0 Å². The van der Waals surface area contributed by atoms with Crippen molar-refractivity contribution in [2.45, 2.75) is 90.7 Å². The molecule has 0 spiro atoms. The summed E-state index contributed by atoms with van der Waals surface area (Å²) in [6.07, 6.45) is 6.58. The number of thiol groups is 1. The molecule has 0 rings (SSSR count). The Labute approximate surface area is 330 Å². The average Bonchev–Trinajstić information content (AvgIpc) is 2.82. The fourth-order valence-electron chi connectivity index (χ4n) is 2.81. The van der Waals surface area contributed by atoms with Crippen LogP contribution in [-0.2, 0) is 69.2 Å². The number of ether oxygens (including phenoxy) is 2. The van der Waals surface area contributed by atoms with Gasteiger partial charge in [-0.3, -0.25) is 9.59 Å². The van der Waals surface area contributed by atoms with Gasteiger partial charge in [0.05, 0.1) is 19.6 Å². The fraction of sp³-hybridized carbons (Fsp3) is 0.900. The molecule has 0 aromatic heterocycles. The van der Waals surface area contributed by atoms with Gasteiger partial charge >= 0.3 is 68.4 Å². The molecule has 0 aromatic carbocycles. The van der Waals surface area contributed by atoms with E-state index in [0.29, 0.717) is 0 Å². The SMILES string of the molecule is CCCCC(CC)COC(=O)CC(C(=O)OCC(CC)CCCC)S(=O)(=O)[O-].O=P(O)(O)S.OP(O)(O)=S.OP(O)(O)=S.OP(O)(O)=S.[Na+]. The van der Waals surface area contributed by atoms with E-state index in [9.17, 15) is 27.1 Å². The summed E-state index contributed by atoms with van der Waals surface area (Å²) in [4.78, 5) is 107.